The van der Waals surface area contributed by atoms with Gasteiger partial charge < -0.3 is 10.5 Å². The van der Waals surface area contributed by atoms with Gasteiger partial charge in [0.2, 0.25) is 0 Å². The zero-order valence-electron chi connectivity index (χ0n) is 24.2. The number of halogens is 1. The molecule has 4 aromatic rings. The molecule has 1 heterocycles. The fourth-order valence-electron chi connectivity index (χ4n) is 5.64. The average Bonchev–Trinajstić information content (AvgIpc) is 3.05. The van der Waals surface area contributed by atoms with Crippen molar-refractivity contribution in [2.75, 3.05) is 7.11 Å². The predicted octanol–water partition coefficient (Wildman–Crippen LogP) is 8.58. The number of urea groups is 1. The normalized spacial score (nSPS) is 15.4. The molecule has 2 amide bonds. The first kappa shape index (κ1) is 30.5. The molecule has 0 bridgehead atoms. The highest BCUT2D eigenvalue weighted by Gasteiger charge is 2.40. The van der Waals surface area contributed by atoms with Gasteiger partial charge in [0.25, 0.3) is 0 Å². The van der Waals surface area contributed by atoms with E-state index in [1.54, 1.807) is 19.2 Å². The molecule has 0 saturated heterocycles. The molecule has 6 nitrogen and oxygen atoms in total. The Kier molecular flexibility index (Phi) is 9.41. The van der Waals surface area contributed by atoms with Gasteiger partial charge in [-0.1, -0.05) is 108 Å². The van der Waals surface area contributed by atoms with Crippen LogP contribution in [0.1, 0.15) is 45.9 Å². The lowest BCUT2D eigenvalue weighted by Crippen LogP contribution is -2.37. The zero-order chi connectivity index (χ0) is 31.2. The van der Waals surface area contributed by atoms with E-state index >= 15 is 0 Å². The molecular formula is C36H29ClN4O2S. The van der Waals surface area contributed by atoms with E-state index in [4.69, 9.17) is 22.1 Å². The summed E-state index contributed by atoms with van der Waals surface area (Å²) in [5.41, 5.74) is 11.6. The van der Waals surface area contributed by atoms with Crippen LogP contribution in [0.2, 0.25) is 5.02 Å². The van der Waals surface area contributed by atoms with E-state index in [2.05, 4.69) is 12.1 Å². The molecule has 5 rings (SSSR count). The molecular weight excluding hydrogens is 588 g/mol. The third-order valence-electron chi connectivity index (χ3n) is 7.66. The number of primary amides is 1. The zero-order valence-corrected chi connectivity index (χ0v) is 25.8. The monoisotopic (exact) mass is 616 g/mol. The number of carbonyl (C=O) groups is 1. The number of nitrogens with two attached hydrogens (primary N) is 1. The molecule has 8 heteroatoms. The fraction of sp³-hybridized carbons (Fsp3) is 0.139. The van der Waals surface area contributed by atoms with Gasteiger partial charge in [-0.25, -0.2) is 4.79 Å². The molecule has 1 aliphatic heterocycles. The van der Waals surface area contributed by atoms with Crippen molar-refractivity contribution in [2.45, 2.75) is 24.5 Å². The van der Waals surface area contributed by atoms with Crippen molar-refractivity contribution in [1.29, 1.82) is 10.5 Å². The van der Waals surface area contributed by atoms with E-state index in [9.17, 15) is 15.3 Å². The molecule has 0 aliphatic carbocycles. The van der Waals surface area contributed by atoms with Crippen LogP contribution in [0.3, 0.4) is 0 Å². The van der Waals surface area contributed by atoms with Gasteiger partial charge in [0, 0.05) is 21.5 Å². The van der Waals surface area contributed by atoms with Gasteiger partial charge in [0.1, 0.15) is 5.75 Å². The SMILES string of the molecule is COc1ccccc1C1=C(C)N(C(N)=O)C(SC(Cc2ccccc2C#N)c2ccccc2)=C(C#N)C1c1ccccc1Cl. The maximum absolute atomic E-state index is 13.3. The van der Waals surface area contributed by atoms with Gasteiger partial charge >= 0.3 is 6.03 Å². The third-order valence-corrected chi connectivity index (χ3v) is 9.35. The van der Waals surface area contributed by atoms with Crippen molar-refractivity contribution in [3.63, 3.8) is 0 Å². The summed E-state index contributed by atoms with van der Waals surface area (Å²) in [6.07, 6.45) is 0.478. The number of nitrogens with zero attached hydrogens (tertiary/aromatic N) is 3. The van der Waals surface area contributed by atoms with E-state index in [-0.39, 0.29) is 5.25 Å². The van der Waals surface area contributed by atoms with Crippen LogP contribution in [0.4, 0.5) is 4.79 Å². The van der Waals surface area contributed by atoms with Crippen molar-refractivity contribution in [2.24, 2.45) is 5.73 Å². The van der Waals surface area contributed by atoms with Gasteiger partial charge in [-0.3, -0.25) is 4.90 Å². The maximum atomic E-state index is 13.3. The smallest absolute Gasteiger partial charge is 0.324 e. The van der Waals surface area contributed by atoms with E-state index in [1.807, 2.05) is 97.9 Å². The van der Waals surface area contributed by atoms with Crippen LogP contribution in [0.5, 0.6) is 5.75 Å². The average molecular weight is 617 g/mol. The lowest BCUT2D eigenvalue weighted by molar-refractivity contribution is 0.231. The van der Waals surface area contributed by atoms with Crippen molar-refractivity contribution in [3.05, 3.63) is 152 Å². The summed E-state index contributed by atoms with van der Waals surface area (Å²) < 4.78 is 5.73. The fourth-order valence-corrected chi connectivity index (χ4v) is 7.33. The Morgan fingerprint density at radius 1 is 0.955 bits per heavy atom. The van der Waals surface area contributed by atoms with Crippen molar-refractivity contribution < 1.29 is 9.53 Å². The van der Waals surface area contributed by atoms with Gasteiger partial charge in [-0.15, -0.1) is 0 Å². The summed E-state index contributed by atoms with van der Waals surface area (Å²) in [6, 6.07) is 36.2. The summed E-state index contributed by atoms with van der Waals surface area (Å²) in [5.74, 6) is -0.0297. The summed E-state index contributed by atoms with van der Waals surface area (Å²) in [4.78, 5) is 14.7. The van der Waals surface area contributed by atoms with Crippen LogP contribution in [-0.4, -0.2) is 18.0 Å². The molecule has 0 saturated carbocycles. The molecule has 0 aromatic heterocycles. The van der Waals surface area contributed by atoms with Crippen LogP contribution in [0.15, 0.2) is 119 Å². The first-order valence-electron chi connectivity index (χ1n) is 13.9. The summed E-state index contributed by atoms with van der Waals surface area (Å²) >= 11 is 8.20. The number of nitriles is 2. The Morgan fingerprint density at radius 3 is 2.30 bits per heavy atom. The number of ether oxygens (including phenoxy) is 1. The lowest BCUT2D eigenvalue weighted by Gasteiger charge is -2.38. The second kappa shape index (κ2) is 13.6. The number of hydrogen-bond acceptors (Lipinski definition) is 5. The van der Waals surface area contributed by atoms with E-state index in [0.717, 1.165) is 22.3 Å². The van der Waals surface area contributed by atoms with Crippen molar-refractivity contribution in [1.82, 2.24) is 4.90 Å². The van der Waals surface area contributed by atoms with Gasteiger partial charge in [0.05, 0.1) is 41.3 Å². The van der Waals surface area contributed by atoms with E-state index < -0.39 is 11.9 Å². The lowest BCUT2D eigenvalue weighted by atomic mass is 9.78. The number of benzene rings is 4. The summed E-state index contributed by atoms with van der Waals surface area (Å²) in [6.45, 7) is 1.83. The highest BCUT2D eigenvalue weighted by atomic mass is 35.5. The molecule has 2 unspecified atom stereocenters. The van der Waals surface area contributed by atoms with E-state index in [0.29, 0.717) is 44.6 Å². The Morgan fingerprint density at radius 2 is 1.61 bits per heavy atom. The molecule has 0 radical (unpaired) electrons. The first-order chi connectivity index (χ1) is 21.4. The van der Waals surface area contributed by atoms with Crippen LogP contribution in [0, 0.1) is 22.7 Å². The van der Waals surface area contributed by atoms with Crippen LogP contribution >= 0.6 is 23.4 Å². The number of para-hydroxylation sites is 1. The topological polar surface area (TPSA) is 103 Å². The van der Waals surface area contributed by atoms with E-state index in [1.165, 1.54) is 16.7 Å². The number of allylic oxidation sites excluding steroid dienone is 3. The Balaban J connectivity index is 1.76. The summed E-state index contributed by atoms with van der Waals surface area (Å²) in [7, 11) is 1.58. The summed E-state index contributed by atoms with van der Waals surface area (Å²) in [5, 5.41) is 21.3. The van der Waals surface area contributed by atoms with Crippen LogP contribution < -0.4 is 10.5 Å². The predicted molar refractivity (Wildman–Crippen MR) is 175 cm³/mol. The molecule has 44 heavy (non-hydrogen) atoms. The Labute approximate surface area is 266 Å². The minimum atomic E-state index is -0.716. The van der Waals surface area contributed by atoms with Crippen LogP contribution in [-0.2, 0) is 6.42 Å². The van der Waals surface area contributed by atoms with Crippen molar-refractivity contribution in [3.8, 4) is 17.9 Å². The molecule has 0 spiro atoms. The van der Waals surface area contributed by atoms with Gasteiger partial charge in [-0.2, -0.15) is 10.5 Å². The molecule has 0 fully saturated rings. The minimum Gasteiger partial charge on any atom is -0.496 e. The number of carbonyl (C=O) groups excluding carboxylic acids is 1. The molecule has 218 valence electrons. The largest absolute Gasteiger partial charge is 0.496 e. The highest BCUT2D eigenvalue weighted by Crippen LogP contribution is 2.53. The Hall–Kier alpha value is -4.95. The number of amides is 2. The number of methoxy groups -OCH3 is 1. The number of thioether (sulfide) groups is 1. The minimum absolute atomic E-state index is 0.265. The molecule has 1 aliphatic rings. The second-order valence-electron chi connectivity index (χ2n) is 10.1. The molecule has 2 atom stereocenters. The maximum Gasteiger partial charge on any atom is 0.324 e. The number of hydrogen-bond donors (Lipinski definition) is 1. The van der Waals surface area contributed by atoms with Crippen molar-refractivity contribution >= 4 is 35.0 Å². The standard InChI is InChI=1S/C36H29ClN4O2S/c1-23-33(28-17-9-11-19-31(28)43-2)34(27-16-8-10-18-30(27)37)29(22-39)35(41(23)36(40)42)44-32(24-12-4-3-5-13-24)20-25-14-6-7-15-26(25)21-38/h3-19,32,34H,20H2,1-2H3,(H2,40,42). The van der Waals surface area contributed by atoms with Crippen LogP contribution in [0.25, 0.3) is 5.57 Å². The second-order valence-corrected chi connectivity index (χ2v) is 11.7. The quantitative estimate of drug-likeness (QED) is 0.213. The first-order valence-corrected chi connectivity index (χ1v) is 15.2. The number of rotatable bonds is 8. The van der Waals surface area contributed by atoms with Gasteiger partial charge in [0.15, 0.2) is 0 Å². The highest BCUT2D eigenvalue weighted by molar-refractivity contribution is 8.03. The molecule has 4 aromatic carbocycles. The van der Waals surface area contributed by atoms with Gasteiger partial charge in [-0.05, 0) is 53.8 Å². The Bertz CT molecular complexity index is 1860. The molecule has 2 N–H and O–H groups in total. The third kappa shape index (κ3) is 5.94.